The van der Waals surface area contributed by atoms with Gasteiger partial charge in [-0.15, -0.1) is 0 Å². The summed E-state index contributed by atoms with van der Waals surface area (Å²) in [6.45, 7) is 4.23. The molecule has 0 bridgehead atoms. The molecular formula is C20H21NO2. The average Bonchev–Trinajstić information content (AvgIpc) is 2.55. The molecule has 3 nitrogen and oxygen atoms in total. The smallest absolute Gasteiger partial charge is 0.163 e. The monoisotopic (exact) mass is 307 g/mol. The van der Waals surface area contributed by atoms with E-state index in [-0.39, 0.29) is 17.6 Å². The number of Topliss-reactive ketones (excluding diaryl/α,β-unsaturated/α-hetero) is 1. The number of nitriles is 1. The van der Waals surface area contributed by atoms with E-state index in [1.165, 1.54) is 5.56 Å². The summed E-state index contributed by atoms with van der Waals surface area (Å²) in [6, 6.07) is 12.3. The second kappa shape index (κ2) is 6.42. The molecule has 1 aliphatic heterocycles. The van der Waals surface area contributed by atoms with Gasteiger partial charge in [-0.1, -0.05) is 44.2 Å². The van der Waals surface area contributed by atoms with Crippen molar-refractivity contribution in [1.29, 1.82) is 5.26 Å². The molecule has 2 unspecified atom stereocenters. The molecule has 118 valence electrons. The van der Waals surface area contributed by atoms with E-state index in [1.54, 1.807) is 6.26 Å². The summed E-state index contributed by atoms with van der Waals surface area (Å²) >= 11 is 0. The average molecular weight is 307 g/mol. The molecule has 3 rings (SSSR count). The highest BCUT2D eigenvalue weighted by molar-refractivity contribution is 5.98. The Balaban J connectivity index is 1.92. The van der Waals surface area contributed by atoms with E-state index in [0.717, 1.165) is 24.2 Å². The van der Waals surface area contributed by atoms with Crippen molar-refractivity contribution < 1.29 is 9.53 Å². The second-order valence-corrected chi connectivity index (χ2v) is 6.76. The number of rotatable bonds is 3. The van der Waals surface area contributed by atoms with Gasteiger partial charge in [-0.05, 0) is 23.8 Å². The number of allylic oxidation sites excluding steroid dienone is 3. The molecule has 3 heteroatoms. The fourth-order valence-electron chi connectivity index (χ4n) is 3.55. The number of benzene rings is 1. The number of ether oxygens (including phenoxy) is 1. The van der Waals surface area contributed by atoms with Crippen LogP contribution >= 0.6 is 0 Å². The van der Waals surface area contributed by atoms with Crippen LogP contribution in [0.1, 0.15) is 44.6 Å². The molecule has 0 amide bonds. The minimum atomic E-state index is -0.104. The Morgan fingerprint density at radius 2 is 2.00 bits per heavy atom. The molecule has 0 saturated heterocycles. The van der Waals surface area contributed by atoms with Gasteiger partial charge in [0.1, 0.15) is 12.0 Å². The topological polar surface area (TPSA) is 50.1 Å². The van der Waals surface area contributed by atoms with Crippen molar-refractivity contribution in [3.63, 3.8) is 0 Å². The van der Waals surface area contributed by atoms with Crippen LogP contribution in [0.3, 0.4) is 0 Å². The first-order valence-electron chi connectivity index (χ1n) is 8.18. The maximum atomic E-state index is 12.8. The van der Waals surface area contributed by atoms with Gasteiger partial charge in [0.05, 0.1) is 11.6 Å². The molecule has 0 fully saturated rings. The number of carbonyl (C=O) groups excluding carboxylic acids is 1. The van der Waals surface area contributed by atoms with Gasteiger partial charge < -0.3 is 4.74 Å². The summed E-state index contributed by atoms with van der Waals surface area (Å²) in [5.41, 5.74) is 2.49. The van der Waals surface area contributed by atoms with E-state index in [1.807, 2.05) is 18.2 Å². The molecule has 23 heavy (non-hydrogen) atoms. The van der Waals surface area contributed by atoms with Crippen molar-refractivity contribution in [2.75, 3.05) is 0 Å². The lowest BCUT2D eigenvalue weighted by Gasteiger charge is -2.33. The quantitative estimate of drug-likeness (QED) is 0.827. The number of hydrogen-bond acceptors (Lipinski definition) is 3. The molecule has 2 aliphatic rings. The fourth-order valence-corrected chi connectivity index (χ4v) is 3.55. The van der Waals surface area contributed by atoms with E-state index in [9.17, 15) is 10.1 Å². The SMILES string of the molecule is CC(C)CC1C(C#N)=COC2=C1C(=O)CC(c1ccccc1)C2. The molecule has 1 aromatic carbocycles. The van der Waals surface area contributed by atoms with Crippen molar-refractivity contribution in [3.8, 4) is 6.07 Å². The lowest BCUT2D eigenvalue weighted by Crippen LogP contribution is -2.28. The molecule has 1 heterocycles. The molecule has 0 N–H and O–H groups in total. The molecule has 2 atom stereocenters. The Labute approximate surface area is 137 Å². The van der Waals surface area contributed by atoms with Crippen molar-refractivity contribution in [3.05, 3.63) is 59.1 Å². The first-order valence-corrected chi connectivity index (χ1v) is 8.18. The maximum absolute atomic E-state index is 12.8. The minimum absolute atomic E-state index is 0.104. The minimum Gasteiger partial charge on any atom is -0.468 e. The second-order valence-electron chi connectivity index (χ2n) is 6.76. The molecule has 0 saturated carbocycles. The Hall–Kier alpha value is -2.34. The lowest BCUT2D eigenvalue weighted by atomic mass is 9.74. The van der Waals surface area contributed by atoms with Gasteiger partial charge in [0, 0.05) is 24.3 Å². The normalized spacial score (nSPS) is 23.9. The third kappa shape index (κ3) is 3.07. The first kappa shape index (κ1) is 15.6. The third-order valence-corrected chi connectivity index (χ3v) is 4.62. The number of carbonyl (C=O) groups is 1. The van der Waals surface area contributed by atoms with Gasteiger partial charge in [0.2, 0.25) is 0 Å². The number of ketones is 1. The number of hydrogen-bond donors (Lipinski definition) is 0. The molecular weight excluding hydrogens is 286 g/mol. The van der Waals surface area contributed by atoms with Crippen molar-refractivity contribution in [1.82, 2.24) is 0 Å². The zero-order valence-electron chi connectivity index (χ0n) is 13.6. The number of nitrogens with zero attached hydrogens (tertiary/aromatic N) is 1. The van der Waals surface area contributed by atoms with Gasteiger partial charge in [0.15, 0.2) is 5.78 Å². The van der Waals surface area contributed by atoms with Crippen LogP contribution < -0.4 is 0 Å². The van der Waals surface area contributed by atoms with E-state index in [2.05, 4.69) is 32.0 Å². The summed E-state index contributed by atoms with van der Waals surface area (Å²) in [6.07, 6.45) is 3.59. The Morgan fingerprint density at radius 1 is 1.26 bits per heavy atom. The van der Waals surface area contributed by atoms with E-state index in [0.29, 0.717) is 17.9 Å². The van der Waals surface area contributed by atoms with Crippen LogP contribution in [0.15, 0.2) is 53.5 Å². The molecule has 1 aliphatic carbocycles. The van der Waals surface area contributed by atoms with E-state index in [4.69, 9.17) is 4.74 Å². The Bertz CT molecular complexity index is 707. The Kier molecular flexibility index (Phi) is 4.34. The zero-order valence-corrected chi connectivity index (χ0v) is 13.6. The molecule has 1 aromatic rings. The highest BCUT2D eigenvalue weighted by atomic mass is 16.5. The summed E-state index contributed by atoms with van der Waals surface area (Å²) < 4.78 is 5.69. The predicted octanol–water partition coefficient (Wildman–Crippen LogP) is 4.49. The molecule has 0 aromatic heterocycles. The zero-order chi connectivity index (χ0) is 16.4. The van der Waals surface area contributed by atoms with Crippen molar-refractivity contribution in [2.24, 2.45) is 11.8 Å². The highest BCUT2D eigenvalue weighted by Gasteiger charge is 2.38. The van der Waals surface area contributed by atoms with Crippen LogP contribution in [-0.4, -0.2) is 5.78 Å². The largest absolute Gasteiger partial charge is 0.468 e. The van der Waals surface area contributed by atoms with Crippen LogP contribution in [0.2, 0.25) is 0 Å². The summed E-state index contributed by atoms with van der Waals surface area (Å²) in [5.74, 6) is 1.38. The standard InChI is InChI=1S/C20H21NO2/c1-13(2)8-17-16(11-21)12-23-19-10-15(9-18(22)20(17)19)14-6-4-3-5-7-14/h3-7,12-13,15,17H,8-10H2,1-2H3. The predicted molar refractivity (Wildman–Crippen MR) is 88.2 cm³/mol. The first-order chi connectivity index (χ1) is 11.1. The summed E-state index contributed by atoms with van der Waals surface area (Å²) in [5, 5.41) is 9.35. The molecule has 0 radical (unpaired) electrons. The van der Waals surface area contributed by atoms with Crippen LogP contribution in [0.25, 0.3) is 0 Å². The van der Waals surface area contributed by atoms with E-state index < -0.39 is 0 Å². The third-order valence-electron chi connectivity index (χ3n) is 4.62. The van der Waals surface area contributed by atoms with Crippen LogP contribution in [-0.2, 0) is 9.53 Å². The van der Waals surface area contributed by atoms with Gasteiger partial charge in [0.25, 0.3) is 0 Å². The van der Waals surface area contributed by atoms with Crippen LogP contribution in [0.4, 0.5) is 0 Å². The van der Waals surface area contributed by atoms with Crippen molar-refractivity contribution >= 4 is 5.78 Å². The van der Waals surface area contributed by atoms with E-state index >= 15 is 0 Å². The van der Waals surface area contributed by atoms with Crippen LogP contribution in [0, 0.1) is 23.2 Å². The van der Waals surface area contributed by atoms with Gasteiger partial charge in [-0.2, -0.15) is 5.26 Å². The van der Waals surface area contributed by atoms with Crippen molar-refractivity contribution in [2.45, 2.75) is 39.0 Å². The van der Waals surface area contributed by atoms with Gasteiger partial charge >= 0.3 is 0 Å². The highest BCUT2D eigenvalue weighted by Crippen LogP contribution is 2.43. The Morgan fingerprint density at radius 3 is 2.65 bits per heavy atom. The summed E-state index contributed by atoms with van der Waals surface area (Å²) in [4.78, 5) is 12.8. The maximum Gasteiger partial charge on any atom is 0.163 e. The van der Waals surface area contributed by atoms with Crippen LogP contribution in [0.5, 0.6) is 0 Å². The summed E-state index contributed by atoms with van der Waals surface area (Å²) in [7, 11) is 0. The fraction of sp³-hybridized carbons (Fsp3) is 0.400. The van der Waals surface area contributed by atoms with Gasteiger partial charge in [-0.3, -0.25) is 4.79 Å². The molecule has 0 spiro atoms. The van der Waals surface area contributed by atoms with Gasteiger partial charge in [-0.25, -0.2) is 0 Å². The lowest BCUT2D eigenvalue weighted by molar-refractivity contribution is -0.117.